The van der Waals surface area contributed by atoms with Gasteiger partial charge in [0.1, 0.15) is 43.3 Å². The van der Waals surface area contributed by atoms with Gasteiger partial charge in [0, 0.05) is 49.4 Å². The molecule has 1 aromatic heterocycles. The number of hydrogen-bond donors (Lipinski definition) is 6. The molecule has 5 amide bonds. The number of nitrogens with one attached hydrogen (secondary N) is 4. The molecule has 0 fully saturated rings. The maximum Gasteiger partial charge on any atom is 0.253 e. The molecule has 1 aliphatic rings. The highest BCUT2D eigenvalue weighted by atomic mass is 16.5. The number of aromatic nitrogens is 1. The van der Waals surface area contributed by atoms with Crippen molar-refractivity contribution < 1.29 is 33.4 Å². The van der Waals surface area contributed by atoms with Crippen molar-refractivity contribution in [3.63, 3.8) is 0 Å². The molecule has 4 aromatic rings. The largest absolute Gasteiger partial charge is 0.492 e. The number of rotatable bonds is 15. The molecular weight excluding hydrogens is 779 g/mol. The second kappa shape index (κ2) is 21.4. The molecule has 2 unspecified atom stereocenters. The minimum atomic E-state index is -1.32. The van der Waals surface area contributed by atoms with Gasteiger partial charge < -0.3 is 47.1 Å². The normalized spacial score (nSPS) is 15.0. The lowest BCUT2D eigenvalue weighted by atomic mass is 9.93. The Morgan fingerprint density at radius 1 is 0.951 bits per heavy atom. The summed E-state index contributed by atoms with van der Waals surface area (Å²) in [5.74, 6) is -1.81. The second-order valence-electron chi connectivity index (χ2n) is 15.0. The van der Waals surface area contributed by atoms with E-state index in [2.05, 4.69) is 52.2 Å². The van der Waals surface area contributed by atoms with E-state index in [-0.39, 0.29) is 44.8 Å². The van der Waals surface area contributed by atoms with Crippen molar-refractivity contribution in [3.05, 3.63) is 101 Å². The lowest BCUT2D eigenvalue weighted by Crippen LogP contribution is -2.52. The van der Waals surface area contributed by atoms with Crippen molar-refractivity contribution in [2.75, 3.05) is 53.0 Å². The van der Waals surface area contributed by atoms with Crippen LogP contribution in [-0.4, -0.2) is 98.4 Å². The third kappa shape index (κ3) is 11.9. The Balaban J connectivity index is 1.46. The van der Waals surface area contributed by atoms with Crippen LogP contribution < -0.4 is 42.2 Å². The van der Waals surface area contributed by atoms with Gasteiger partial charge in [-0.05, 0) is 71.8 Å². The van der Waals surface area contributed by atoms with E-state index in [0.29, 0.717) is 50.9 Å². The molecule has 2 heterocycles. The van der Waals surface area contributed by atoms with Crippen LogP contribution in [0, 0.1) is 24.2 Å². The van der Waals surface area contributed by atoms with Crippen LogP contribution in [0.2, 0.25) is 0 Å². The lowest BCUT2D eigenvalue weighted by Gasteiger charge is -2.29. The topological polar surface area (TPSA) is 244 Å². The van der Waals surface area contributed by atoms with Gasteiger partial charge >= 0.3 is 0 Å². The average Bonchev–Trinajstić information content (AvgIpc) is 3.25. The zero-order valence-corrected chi connectivity index (χ0v) is 34.9. The third-order valence-electron chi connectivity index (χ3n) is 9.94. The predicted molar refractivity (Wildman–Crippen MR) is 229 cm³/mol. The van der Waals surface area contributed by atoms with E-state index in [1.165, 1.54) is 23.7 Å². The molecular formula is C45H53N9O7. The maximum absolute atomic E-state index is 14.1. The van der Waals surface area contributed by atoms with Gasteiger partial charge in [0.05, 0.1) is 30.4 Å². The highest BCUT2D eigenvalue weighted by Gasteiger charge is 2.32. The molecule has 5 rings (SSSR count). The summed E-state index contributed by atoms with van der Waals surface area (Å²) in [5, 5.41) is 19.5. The Morgan fingerprint density at radius 3 is 2.26 bits per heavy atom. The number of pyridine rings is 1. The van der Waals surface area contributed by atoms with Crippen LogP contribution in [0.4, 0.5) is 0 Å². The van der Waals surface area contributed by atoms with Gasteiger partial charge in [0.15, 0.2) is 0 Å². The number of benzene rings is 3. The zero-order chi connectivity index (χ0) is 44.1. The van der Waals surface area contributed by atoms with Gasteiger partial charge in [0.25, 0.3) is 5.91 Å². The number of carbonyl (C=O) groups excluding carboxylic acids is 5. The Labute approximate surface area is 355 Å². The Bertz CT molecular complexity index is 2270. The van der Waals surface area contributed by atoms with Gasteiger partial charge in [-0.1, -0.05) is 50.2 Å². The van der Waals surface area contributed by atoms with Crippen molar-refractivity contribution >= 4 is 29.5 Å². The number of carbonyl (C=O) groups is 5. The quantitative estimate of drug-likeness (QED) is 0.0950. The van der Waals surface area contributed by atoms with Crippen LogP contribution >= 0.6 is 0 Å². The van der Waals surface area contributed by atoms with Crippen molar-refractivity contribution in [2.24, 2.45) is 17.4 Å². The van der Waals surface area contributed by atoms with Gasteiger partial charge in [0.2, 0.25) is 23.6 Å². The van der Waals surface area contributed by atoms with Gasteiger partial charge in [-0.15, -0.1) is 0 Å². The van der Waals surface area contributed by atoms with Crippen LogP contribution in [0.25, 0.3) is 22.4 Å². The summed E-state index contributed by atoms with van der Waals surface area (Å²) in [6, 6.07) is 19.6. The number of amides is 5. The lowest BCUT2D eigenvalue weighted by molar-refractivity contribution is -0.139. The van der Waals surface area contributed by atoms with Crippen molar-refractivity contribution in [2.45, 2.75) is 45.7 Å². The Morgan fingerprint density at radius 2 is 1.62 bits per heavy atom. The maximum atomic E-state index is 14.1. The van der Waals surface area contributed by atoms with Gasteiger partial charge in [-0.2, -0.15) is 5.26 Å². The first-order valence-electron chi connectivity index (χ1n) is 20.1. The number of fused-ring (bicyclic) bond motifs is 5. The van der Waals surface area contributed by atoms with Crippen molar-refractivity contribution in [1.82, 2.24) is 31.2 Å². The molecule has 2 atom stereocenters. The van der Waals surface area contributed by atoms with Crippen LogP contribution in [0.1, 0.15) is 52.5 Å². The number of nitriles is 1. The SMILES string of the molecule is Cc1cc(-c2ccc(CC(C)C)cc2)ncc1C(=O)NCC(=O)N(C)C1C(=O)NCC(=O)NC(C(=O)NCC#N)Cc2ccc(OCCN)c(c2)-c2cc1ccc2OCCN. The molecule has 16 heteroatoms. The van der Waals surface area contributed by atoms with E-state index in [4.69, 9.17) is 26.2 Å². The third-order valence-corrected chi connectivity index (χ3v) is 9.94. The van der Waals surface area contributed by atoms with E-state index < -0.39 is 54.7 Å². The van der Waals surface area contributed by atoms with E-state index >= 15 is 0 Å². The van der Waals surface area contributed by atoms with Gasteiger partial charge in [-0.25, -0.2) is 0 Å². The molecule has 61 heavy (non-hydrogen) atoms. The van der Waals surface area contributed by atoms with E-state index in [1.54, 1.807) is 43.3 Å². The first kappa shape index (κ1) is 45.3. The van der Waals surface area contributed by atoms with Crippen LogP contribution in [0.3, 0.4) is 0 Å². The highest BCUT2D eigenvalue weighted by molar-refractivity contribution is 5.99. The van der Waals surface area contributed by atoms with Crippen molar-refractivity contribution in [3.8, 4) is 40.0 Å². The molecule has 4 bridgehead atoms. The van der Waals surface area contributed by atoms with Crippen LogP contribution in [0.5, 0.6) is 11.5 Å². The second-order valence-corrected chi connectivity index (χ2v) is 15.0. The first-order valence-corrected chi connectivity index (χ1v) is 20.1. The van der Waals surface area contributed by atoms with E-state index in [0.717, 1.165) is 12.0 Å². The molecule has 16 nitrogen and oxygen atoms in total. The smallest absolute Gasteiger partial charge is 0.253 e. The number of likely N-dealkylation sites (N-methyl/N-ethyl adjacent to an activating group) is 1. The summed E-state index contributed by atoms with van der Waals surface area (Å²) in [7, 11) is 1.42. The fourth-order valence-electron chi connectivity index (χ4n) is 6.94. The average molecular weight is 832 g/mol. The summed E-state index contributed by atoms with van der Waals surface area (Å²) in [6.07, 6.45) is 2.46. The van der Waals surface area contributed by atoms with Crippen LogP contribution in [0.15, 0.2) is 72.9 Å². The fourth-order valence-corrected chi connectivity index (χ4v) is 6.94. The number of nitrogens with two attached hydrogens (primary N) is 2. The Hall–Kier alpha value is -6.83. The molecule has 1 aliphatic heterocycles. The number of ether oxygens (including phenoxy) is 2. The van der Waals surface area contributed by atoms with Gasteiger partial charge in [-0.3, -0.25) is 29.0 Å². The molecule has 3 aromatic carbocycles. The summed E-state index contributed by atoms with van der Waals surface area (Å²) in [4.78, 5) is 73.6. The minimum Gasteiger partial charge on any atom is -0.492 e. The molecule has 320 valence electrons. The minimum absolute atomic E-state index is 0.0253. The van der Waals surface area contributed by atoms with Crippen molar-refractivity contribution in [1.29, 1.82) is 5.26 Å². The fraction of sp³-hybridized carbons (Fsp3) is 0.356. The first-order chi connectivity index (χ1) is 29.3. The summed E-state index contributed by atoms with van der Waals surface area (Å²) < 4.78 is 12.1. The molecule has 0 radical (unpaired) electrons. The zero-order valence-electron chi connectivity index (χ0n) is 34.9. The van der Waals surface area contributed by atoms with E-state index in [1.807, 2.05) is 24.3 Å². The standard InChI is InChI=1S/C45H53N9O7/c1-27(2)19-29-5-8-31(9-6-29)36-20-28(3)35(24-50-36)43(57)52-26-41(56)54(4)42-32-10-12-39(61-18-15-48)34(23-32)33-21-30(7-11-38(33)60-17-14-47)22-37(44(58)49-16-13-46)53-40(55)25-51-45(42)59/h5-12,20-21,23-24,27,37,42H,14-19,22,25-26,47-48H2,1-4H3,(H,49,58)(H,51,59)(H,52,57)(H,53,55). The Kier molecular flexibility index (Phi) is 15.9. The summed E-state index contributed by atoms with van der Waals surface area (Å²) in [5.41, 5.74) is 17.3. The summed E-state index contributed by atoms with van der Waals surface area (Å²) in [6.45, 7) is 5.57. The molecule has 0 saturated carbocycles. The van der Waals surface area contributed by atoms with Crippen LogP contribution in [-0.2, 0) is 32.0 Å². The number of aryl methyl sites for hydroxylation is 1. The molecule has 0 saturated heterocycles. The number of hydrogen-bond acceptors (Lipinski definition) is 11. The monoisotopic (exact) mass is 831 g/mol. The molecule has 8 N–H and O–H groups in total. The predicted octanol–water partition coefficient (Wildman–Crippen LogP) is 2.32. The summed E-state index contributed by atoms with van der Waals surface area (Å²) >= 11 is 0. The highest BCUT2D eigenvalue weighted by Crippen LogP contribution is 2.40. The molecule has 0 aliphatic carbocycles. The molecule has 0 spiro atoms. The van der Waals surface area contributed by atoms with E-state index in [9.17, 15) is 24.0 Å². The number of nitrogens with zero attached hydrogens (tertiary/aromatic N) is 3.